The summed E-state index contributed by atoms with van der Waals surface area (Å²) >= 11 is 0. The standard InChI is InChI=1S/C19H31NO3/c1-15(2)23-14-18(21)13-20-10-8-17(9-11-20)12-16-4-6-19(22-3)7-5-16/h4-7,15,17-18,21H,8-14H2,1-3H3. The number of hydrogen-bond donors (Lipinski definition) is 1. The van der Waals surface area contributed by atoms with Gasteiger partial charge in [0, 0.05) is 6.54 Å². The van der Waals surface area contributed by atoms with Crippen LogP contribution in [0, 0.1) is 5.92 Å². The zero-order valence-corrected chi connectivity index (χ0v) is 14.7. The molecule has 130 valence electrons. The molecule has 0 aliphatic carbocycles. The highest BCUT2D eigenvalue weighted by atomic mass is 16.5. The zero-order valence-electron chi connectivity index (χ0n) is 14.7. The summed E-state index contributed by atoms with van der Waals surface area (Å²) in [6, 6.07) is 8.40. The smallest absolute Gasteiger partial charge is 0.118 e. The fourth-order valence-electron chi connectivity index (χ4n) is 3.12. The normalized spacial score (nSPS) is 18.3. The Morgan fingerprint density at radius 2 is 1.83 bits per heavy atom. The van der Waals surface area contributed by atoms with Gasteiger partial charge in [-0.1, -0.05) is 12.1 Å². The maximum absolute atomic E-state index is 10.0. The van der Waals surface area contributed by atoms with E-state index >= 15 is 0 Å². The zero-order chi connectivity index (χ0) is 16.7. The number of ether oxygens (including phenoxy) is 2. The minimum Gasteiger partial charge on any atom is -0.497 e. The van der Waals surface area contributed by atoms with Gasteiger partial charge in [-0.05, 0) is 69.8 Å². The molecule has 23 heavy (non-hydrogen) atoms. The molecule has 1 aromatic carbocycles. The van der Waals surface area contributed by atoms with Gasteiger partial charge in [0.2, 0.25) is 0 Å². The highest BCUT2D eigenvalue weighted by Gasteiger charge is 2.21. The number of aliphatic hydroxyl groups excluding tert-OH is 1. The number of nitrogens with zero attached hydrogens (tertiary/aromatic N) is 1. The Kier molecular flexibility index (Phi) is 7.34. The van der Waals surface area contributed by atoms with Crippen molar-refractivity contribution in [2.45, 2.75) is 45.3 Å². The van der Waals surface area contributed by atoms with Gasteiger partial charge in [-0.2, -0.15) is 0 Å². The highest BCUT2D eigenvalue weighted by Crippen LogP contribution is 2.23. The van der Waals surface area contributed by atoms with Crippen molar-refractivity contribution in [2.75, 3.05) is 33.4 Å². The summed E-state index contributed by atoms with van der Waals surface area (Å²) in [6.45, 7) is 7.29. The largest absolute Gasteiger partial charge is 0.497 e. The van der Waals surface area contributed by atoms with E-state index in [0.717, 1.165) is 37.7 Å². The monoisotopic (exact) mass is 321 g/mol. The quantitative estimate of drug-likeness (QED) is 0.799. The van der Waals surface area contributed by atoms with Crippen LogP contribution in [-0.4, -0.2) is 55.6 Å². The summed E-state index contributed by atoms with van der Waals surface area (Å²) in [5.74, 6) is 1.66. The van der Waals surface area contributed by atoms with Crippen molar-refractivity contribution in [2.24, 2.45) is 5.92 Å². The van der Waals surface area contributed by atoms with Gasteiger partial charge in [0.05, 0.1) is 25.9 Å². The van der Waals surface area contributed by atoms with Crippen molar-refractivity contribution >= 4 is 0 Å². The molecule has 1 heterocycles. The van der Waals surface area contributed by atoms with Crippen LogP contribution in [0.3, 0.4) is 0 Å². The van der Waals surface area contributed by atoms with E-state index in [1.807, 2.05) is 26.0 Å². The summed E-state index contributed by atoms with van der Waals surface area (Å²) in [4.78, 5) is 2.36. The molecule has 1 aliphatic heterocycles. The molecule has 1 aliphatic rings. The fraction of sp³-hybridized carbons (Fsp3) is 0.684. The molecule has 1 aromatic rings. The first-order chi connectivity index (χ1) is 11.1. The Balaban J connectivity index is 1.68. The summed E-state index contributed by atoms with van der Waals surface area (Å²) in [6.07, 6.45) is 3.33. The maximum Gasteiger partial charge on any atom is 0.118 e. The Labute approximate surface area is 140 Å². The molecule has 4 nitrogen and oxygen atoms in total. The van der Waals surface area contributed by atoms with Gasteiger partial charge < -0.3 is 19.5 Å². The van der Waals surface area contributed by atoms with Gasteiger partial charge in [-0.25, -0.2) is 0 Å². The Morgan fingerprint density at radius 1 is 1.17 bits per heavy atom. The minimum atomic E-state index is -0.379. The lowest BCUT2D eigenvalue weighted by molar-refractivity contribution is -0.0124. The lowest BCUT2D eigenvalue weighted by atomic mass is 9.90. The number of piperidine rings is 1. The molecule has 0 aromatic heterocycles. The summed E-state index contributed by atoms with van der Waals surface area (Å²) in [5.41, 5.74) is 1.38. The van der Waals surface area contributed by atoms with E-state index in [1.54, 1.807) is 7.11 Å². The molecule has 1 fully saturated rings. The number of benzene rings is 1. The van der Waals surface area contributed by atoms with Crippen LogP contribution in [0.2, 0.25) is 0 Å². The van der Waals surface area contributed by atoms with Crippen LogP contribution in [0.1, 0.15) is 32.3 Å². The number of likely N-dealkylation sites (tertiary alicyclic amines) is 1. The number of hydrogen-bond acceptors (Lipinski definition) is 4. The van der Waals surface area contributed by atoms with Crippen molar-refractivity contribution in [3.8, 4) is 5.75 Å². The molecule has 0 spiro atoms. The second kappa shape index (κ2) is 9.26. The van der Waals surface area contributed by atoms with Gasteiger partial charge in [0.25, 0.3) is 0 Å². The van der Waals surface area contributed by atoms with E-state index in [9.17, 15) is 5.11 Å². The SMILES string of the molecule is COc1ccc(CC2CCN(CC(O)COC(C)C)CC2)cc1. The van der Waals surface area contributed by atoms with Crippen LogP contribution in [0.25, 0.3) is 0 Å². The molecule has 1 N–H and O–H groups in total. The molecule has 2 rings (SSSR count). The second-order valence-electron chi connectivity index (χ2n) is 6.83. The van der Waals surface area contributed by atoms with E-state index in [0.29, 0.717) is 6.61 Å². The Hall–Kier alpha value is -1.10. The van der Waals surface area contributed by atoms with Crippen LogP contribution < -0.4 is 4.74 Å². The van der Waals surface area contributed by atoms with Gasteiger partial charge in [0.15, 0.2) is 0 Å². The number of rotatable bonds is 8. The number of methoxy groups -OCH3 is 1. The molecule has 0 amide bonds. The maximum atomic E-state index is 10.0. The summed E-state index contributed by atoms with van der Waals surface area (Å²) in [7, 11) is 1.70. The van der Waals surface area contributed by atoms with Gasteiger partial charge in [-0.3, -0.25) is 0 Å². The predicted octanol–water partition coefficient (Wildman–Crippen LogP) is 2.74. The molecule has 0 bridgehead atoms. The molecule has 0 saturated carbocycles. The average Bonchev–Trinajstić information content (AvgIpc) is 2.55. The van der Waals surface area contributed by atoms with E-state index < -0.39 is 0 Å². The van der Waals surface area contributed by atoms with Crippen LogP contribution in [0.15, 0.2) is 24.3 Å². The number of β-amino-alcohol motifs (C(OH)–C–C–N with tert-alkyl or cyclic N) is 1. The molecule has 1 unspecified atom stereocenters. The van der Waals surface area contributed by atoms with Gasteiger partial charge in [0.1, 0.15) is 5.75 Å². The van der Waals surface area contributed by atoms with E-state index in [4.69, 9.17) is 9.47 Å². The van der Waals surface area contributed by atoms with Crippen LogP contribution in [-0.2, 0) is 11.2 Å². The van der Waals surface area contributed by atoms with E-state index in [-0.39, 0.29) is 12.2 Å². The third kappa shape index (κ3) is 6.50. The lowest BCUT2D eigenvalue weighted by Gasteiger charge is -2.33. The Bertz CT molecular complexity index is 438. The molecular formula is C19H31NO3. The van der Waals surface area contributed by atoms with Gasteiger partial charge in [-0.15, -0.1) is 0 Å². The topological polar surface area (TPSA) is 41.9 Å². The van der Waals surface area contributed by atoms with Crippen LogP contribution in [0.4, 0.5) is 0 Å². The summed E-state index contributed by atoms with van der Waals surface area (Å²) in [5, 5.41) is 10.0. The lowest BCUT2D eigenvalue weighted by Crippen LogP contribution is -2.40. The van der Waals surface area contributed by atoms with Crippen molar-refractivity contribution in [1.29, 1.82) is 0 Å². The first kappa shape index (κ1) is 18.2. The van der Waals surface area contributed by atoms with Crippen LogP contribution in [0.5, 0.6) is 5.75 Å². The first-order valence-corrected chi connectivity index (χ1v) is 8.71. The third-order valence-corrected chi connectivity index (χ3v) is 4.48. The van der Waals surface area contributed by atoms with E-state index in [2.05, 4.69) is 17.0 Å². The average molecular weight is 321 g/mol. The number of aliphatic hydroxyl groups is 1. The van der Waals surface area contributed by atoms with Crippen molar-refractivity contribution in [3.05, 3.63) is 29.8 Å². The first-order valence-electron chi connectivity index (χ1n) is 8.71. The van der Waals surface area contributed by atoms with Crippen LogP contribution >= 0.6 is 0 Å². The molecule has 1 saturated heterocycles. The highest BCUT2D eigenvalue weighted by molar-refractivity contribution is 5.27. The molecule has 4 heteroatoms. The Morgan fingerprint density at radius 3 is 2.39 bits per heavy atom. The molecular weight excluding hydrogens is 290 g/mol. The molecule has 0 radical (unpaired) electrons. The molecule has 1 atom stereocenters. The van der Waals surface area contributed by atoms with Crippen molar-refractivity contribution in [1.82, 2.24) is 4.90 Å². The fourth-order valence-corrected chi connectivity index (χ4v) is 3.12. The third-order valence-electron chi connectivity index (χ3n) is 4.48. The predicted molar refractivity (Wildman–Crippen MR) is 93.0 cm³/mol. The van der Waals surface area contributed by atoms with E-state index in [1.165, 1.54) is 18.4 Å². The summed E-state index contributed by atoms with van der Waals surface area (Å²) < 4.78 is 10.7. The second-order valence-corrected chi connectivity index (χ2v) is 6.83. The van der Waals surface area contributed by atoms with Crippen molar-refractivity contribution in [3.63, 3.8) is 0 Å². The minimum absolute atomic E-state index is 0.180. The van der Waals surface area contributed by atoms with Crippen molar-refractivity contribution < 1.29 is 14.6 Å². The van der Waals surface area contributed by atoms with Gasteiger partial charge >= 0.3 is 0 Å².